The molecule has 2 nitrogen and oxygen atoms in total. The summed E-state index contributed by atoms with van der Waals surface area (Å²) in [4.78, 5) is 12.9. The number of ether oxygens (including phenoxy) is 1. The molecule has 182 valence electrons. The summed E-state index contributed by atoms with van der Waals surface area (Å²) in [5.74, 6) is -19.0. The molecule has 5 atom stereocenters. The van der Waals surface area contributed by atoms with E-state index in [9.17, 15) is 39.9 Å². The summed E-state index contributed by atoms with van der Waals surface area (Å²) in [6.45, 7) is 3.58. The van der Waals surface area contributed by atoms with Crippen molar-refractivity contribution in [1.29, 1.82) is 0 Å². The molecule has 2 saturated carbocycles. The SMILES string of the molecule is CCCCCCC1(C(=O)OCC(F)(F)C(F)(F)C(F)(F)C(F)F)CC2CC1C(C)C2C. The molecule has 2 rings (SSSR count). The second-order valence-electron chi connectivity index (χ2n) is 9.27. The zero-order chi connectivity index (χ0) is 23.8. The highest BCUT2D eigenvalue weighted by Crippen LogP contribution is 2.63. The number of esters is 1. The number of fused-ring (bicyclic) bond motifs is 2. The van der Waals surface area contributed by atoms with Gasteiger partial charge in [-0.05, 0) is 42.9 Å². The van der Waals surface area contributed by atoms with Gasteiger partial charge < -0.3 is 4.74 Å². The van der Waals surface area contributed by atoms with Crippen LogP contribution in [0.5, 0.6) is 0 Å². The van der Waals surface area contributed by atoms with Gasteiger partial charge in [0.15, 0.2) is 6.61 Å². The van der Waals surface area contributed by atoms with Crippen LogP contribution in [-0.4, -0.2) is 36.8 Å². The first-order valence-electron chi connectivity index (χ1n) is 10.7. The first-order chi connectivity index (χ1) is 14.2. The largest absolute Gasteiger partial charge is 0.459 e. The Morgan fingerprint density at radius 2 is 1.65 bits per heavy atom. The van der Waals surface area contributed by atoms with E-state index in [1.807, 2.05) is 20.8 Å². The Balaban J connectivity index is 2.17. The summed E-state index contributed by atoms with van der Waals surface area (Å²) in [5.41, 5.74) is -1.14. The van der Waals surface area contributed by atoms with Crippen molar-refractivity contribution in [3.63, 3.8) is 0 Å². The maximum absolute atomic E-state index is 13.9. The molecule has 2 aliphatic rings. The third-order valence-corrected chi connectivity index (χ3v) is 7.52. The van der Waals surface area contributed by atoms with E-state index in [-0.39, 0.29) is 17.8 Å². The van der Waals surface area contributed by atoms with Crippen molar-refractivity contribution in [2.45, 2.75) is 89.9 Å². The monoisotopic (exact) mass is 466 g/mol. The van der Waals surface area contributed by atoms with Crippen LogP contribution < -0.4 is 0 Å². The van der Waals surface area contributed by atoms with Gasteiger partial charge >= 0.3 is 30.2 Å². The van der Waals surface area contributed by atoms with Crippen molar-refractivity contribution in [1.82, 2.24) is 0 Å². The third-order valence-electron chi connectivity index (χ3n) is 7.52. The summed E-state index contributed by atoms with van der Waals surface area (Å²) in [7, 11) is 0. The molecule has 0 N–H and O–H groups in total. The molecule has 2 aliphatic carbocycles. The number of carbonyl (C=O) groups is 1. The quantitative estimate of drug-likeness (QED) is 0.187. The lowest BCUT2D eigenvalue weighted by Crippen LogP contribution is -2.59. The van der Waals surface area contributed by atoms with Crippen molar-refractivity contribution < 1.29 is 44.7 Å². The van der Waals surface area contributed by atoms with Gasteiger partial charge in [0.1, 0.15) is 0 Å². The molecule has 5 unspecified atom stereocenters. The molecular weight excluding hydrogens is 436 g/mol. The topological polar surface area (TPSA) is 26.3 Å². The van der Waals surface area contributed by atoms with Gasteiger partial charge in [-0.15, -0.1) is 0 Å². The van der Waals surface area contributed by atoms with E-state index >= 15 is 0 Å². The number of halogens is 8. The van der Waals surface area contributed by atoms with Crippen LogP contribution >= 0.6 is 0 Å². The lowest BCUT2D eigenvalue weighted by atomic mass is 9.63. The van der Waals surface area contributed by atoms with E-state index in [0.29, 0.717) is 31.6 Å². The molecule has 2 bridgehead atoms. The number of alkyl halides is 8. The number of unbranched alkanes of at least 4 members (excludes halogenated alkanes) is 3. The Morgan fingerprint density at radius 1 is 1.03 bits per heavy atom. The van der Waals surface area contributed by atoms with E-state index < -0.39 is 42.2 Å². The van der Waals surface area contributed by atoms with Gasteiger partial charge in [0.2, 0.25) is 0 Å². The molecule has 31 heavy (non-hydrogen) atoms. The second kappa shape index (κ2) is 9.04. The molecule has 0 aliphatic heterocycles. The number of hydrogen-bond donors (Lipinski definition) is 0. The van der Waals surface area contributed by atoms with Crippen molar-refractivity contribution >= 4 is 5.97 Å². The van der Waals surface area contributed by atoms with Crippen LogP contribution in [0.15, 0.2) is 0 Å². The first kappa shape index (κ1) is 26.2. The van der Waals surface area contributed by atoms with Gasteiger partial charge in [0.05, 0.1) is 5.41 Å². The van der Waals surface area contributed by atoms with Crippen LogP contribution in [0.1, 0.15) is 65.7 Å². The van der Waals surface area contributed by atoms with E-state index in [1.54, 1.807) is 0 Å². The fourth-order valence-corrected chi connectivity index (χ4v) is 5.43. The second-order valence-corrected chi connectivity index (χ2v) is 9.27. The molecule has 0 aromatic rings. The van der Waals surface area contributed by atoms with Gasteiger partial charge in [-0.25, -0.2) is 8.78 Å². The first-order valence-corrected chi connectivity index (χ1v) is 10.7. The molecule has 0 aromatic carbocycles. The highest BCUT2D eigenvalue weighted by atomic mass is 19.4. The normalized spacial score (nSPS) is 31.5. The van der Waals surface area contributed by atoms with Crippen molar-refractivity contribution in [3.05, 3.63) is 0 Å². The molecule has 0 aromatic heterocycles. The standard InChI is InChI=1S/C21H30F8O2/c1-4-5-6-7-8-18(10-14-9-15(18)13(3)12(14)2)17(30)31-11-19(24,25)21(28,29)20(26,27)16(22)23/h12-16H,4-11H2,1-3H3. The Morgan fingerprint density at radius 3 is 2.13 bits per heavy atom. The molecule has 0 amide bonds. The molecule has 2 fully saturated rings. The Bertz CT molecular complexity index is 637. The van der Waals surface area contributed by atoms with Crippen LogP contribution in [0.3, 0.4) is 0 Å². The highest BCUT2D eigenvalue weighted by Gasteiger charge is 2.76. The van der Waals surface area contributed by atoms with Gasteiger partial charge in [0.25, 0.3) is 0 Å². The van der Waals surface area contributed by atoms with Crippen LogP contribution in [0, 0.1) is 29.1 Å². The molecule has 0 heterocycles. The highest BCUT2D eigenvalue weighted by molar-refractivity contribution is 5.78. The maximum atomic E-state index is 13.9. The van der Waals surface area contributed by atoms with Crippen LogP contribution in [0.2, 0.25) is 0 Å². The van der Waals surface area contributed by atoms with Crippen molar-refractivity contribution in [3.8, 4) is 0 Å². The average molecular weight is 466 g/mol. The van der Waals surface area contributed by atoms with Crippen molar-refractivity contribution in [2.75, 3.05) is 6.61 Å². The third kappa shape index (κ3) is 4.41. The summed E-state index contributed by atoms with van der Waals surface area (Å²) in [6.07, 6.45) is -0.384. The fourth-order valence-electron chi connectivity index (χ4n) is 5.43. The molecular formula is C21H30F8O2. The average Bonchev–Trinajstić information content (AvgIpc) is 3.20. The Labute approximate surface area is 177 Å². The van der Waals surface area contributed by atoms with E-state index in [4.69, 9.17) is 0 Å². The minimum atomic E-state index is -6.38. The minimum absolute atomic E-state index is 0.0857. The lowest BCUT2D eigenvalue weighted by Gasteiger charge is -2.41. The molecule has 0 saturated heterocycles. The van der Waals surface area contributed by atoms with Gasteiger partial charge in [-0.3, -0.25) is 4.79 Å². The molecule has 0 radical (unpaired) electrons. The van der Waals surface area contributed by atoms with E-state index in [1.165, 1.54) is 0 Å². The zero-order valence-corrected chi connectivity index (χ0v) is 17.9. The molecule has 10 heteroatoms. The van der Waals surface area contributed by atoms with E-state index in [0.717, 1.165) is 19.3 Å². The minimum Gasteiger partial charge on any atom is -0.459 e. The Kier molecular flexibility index (Phi) is 7.63. The van der Waals surface area contributed by atoms with Crippen LogP contribution in [0.4, 0.5) is 35.1 Å². The van der Waals surface area contributed by atoms with Gasteiger partial charge in [0, 0.05) is 0 Å². The van der Waals surface area contributed by atoms with Gasteiger partial charge in [-0.2, -0.15) is 26.3 Å². The summed E-state index contributed by atoms with van der Waals surface area (Å²) in [6, 6.07) is 0. The summed E-state index contributed by atoms with van der Waals surface area (Å²) >= 11 is 0. The van der Waals surface area contributed by atoms with Crippen LogP contribution in [-0.2, 0) is 9.53 Å². The fraction of sp³-hybridized carbons (Fsp3) is 0.952. The number of rotatable bonds is 11. The van der Waals surface area contributed by atoms with E-state index in [2.05, 4.69) is 4.74 Å². The zero-order valence-electron chi connectivity index (χ0n) is 17.9. The van der Waals surface area contributed by atoms with Gasteiger partial charge in [-0.1, -0.05) is 46.5 Å². The molecule has 0 spiro atoms. The summed E-state index contributed by atoms with van der Waals surface area (Å²) in [5, 5.41) is 0. The number of hydrogen-bond acceptors (Lipinski definition) is 2. The Hall–Kier alpha value is -1.09. The van der Waals surface area contributed by atoms with Crippen LogP contribution in [0.25, 0.3) is 0 Å². The van der Waals surface area contributed by atoms with Crippen molar-refractivity contribution in [2.24, 2.45) is 29.1 Å². The predicted octanol–water partition coefficient (Wildman–Crippen LogP) is 6.97. The summed E-state index contributed by atoms with van der Waals surface area (Å²) < 4.78 is 110. The predicted molar refractivity (Wildman–Crippen MR) is 97.5 cm³/mol. The number of carbonyl (C=O) groups excluding carboxylic acids is 1. The lowest BCUT2D eigenvalue weighted by molar-refractivity contribution is -0.344. The maximum Gasteiger partial charge on any atom is 0.381 e. The smallest absolute Gasteiger partial charge is 0.381 e.